The summed E-state index contributed by atoms with van der Waals surface area (Å²) >= 11 is 0. The van der Waals surface area contributed by atoms with Crippen LogP contribution in [0.4, 0.5) is 5.82 Å². The van der Waals surface area contributed by atoms with Gasteiger partial charge >= 0.3 is 0 Å². The van der Waals surface area contributed by atoms with Gasteiger partial charge in [-0.05, 0) is 12.5 Å². The van der Waals surface area contributed by atoms with Crippen LogP contribution in [0.2, 0.25) is 0 Å². The summed E-state index contributed by atoms with van der Waals surface area (Å²) in [5.74, 6) is 0.842. The Morgan fingerprint density at radius 3 is 2.50 bits per heavy atom. The Hall–Kier alpha value is -2.43. The molecule has 0 spiro atoms. The number of aromatic nitrogens is 4. The lowest BCUT2D eigenvalue weighted by atomic mass is 10.1. The van der Waals surface area contributed by atoms with E-state index >= 15 is 0 Å². The first kappa shape index (κ1) is 12.6. The third-order valence-electron chi connectivity index (χ3n) is 3.46. The molecular weight excluding hydrogens is 250 g/mol. The molecule has 0 aliphatic carbocycles. The summed E-state index contributed by atoms with van der Waals surface area (Å²) in [5.41, 5.74) is 2.93. The van der Waals surface area contributed by atoms with Crippen molar-refractivity contribution in [3.63, 3.8) is 0 Å². The van der Waals surface area contributed by atoms with E-state index in [4.69, 9.17) is 0 Å². The third kappa shape index (κ3) is 2.01. The van der Waals surface area contributed by atoms with Crippen LogP contribution < -0.4 is 4.90 Å². The average molecular weight is 267 g/mol. The number of hydrogen-bond acceptors (Lipinski definition) is 4. The van der Waals surface area contributed by atoms with Crippen molar-refractivity contribution in [2.24, 2.45) is 0 Å². The lowest BCUT2D eigenvalue weighted by Gasteiger charge is -2.15. The number of benzene rings is 1. The summed E-state index contributed by atoms with van der Waals surface area (Å²) in [6.45, 7) is 2.15. The van der Waals surface area contributed by atoms with Crippen LogP contribution >= 0.6 is 0 Å². The highest BCUT2D eigenvalue weighted by atomic mass is 15.2. The molecule has 0 radical (unpaired) electrons. The van der Waals surface area contributed by atoms with Crippen LogP contribution in [0, 0.1) is 0 Å². The van der Waals surface area contributed by atoms with Gasteiger partial charge in [-0.2, -0.15) is 0 Å². The van der Waals surface area contributed by atoms with Gasteiger partial charge in [0.15, 0.2) is 17.0 Å². The monoisotopic (exact) mass is 267 g/mol. The molecule has 1 aromatic carbocycles. The summed E-state index contributed by atoms with van der Waals surface area (Å²) in [7, 11) is 3.92. The van der Waals surface area contributed by atoms with Crippen LogP contribution in [0.25, 0.3) is 11.2 Å². The van der Waals surface area contributed by atoms with Gasteiger partial charge in [0.2, 0.25) is 0 Å². The van der Waals surface area contributed by atoms with Crippen LogP contribution in [0.3, 0.4) is 0 Å². The molecule has 0 saturated carbocycles. The molecule has 0 bridgehead atoms. The fourth-order valence-corrected chi connectivity index (χ4v) is 2.34. The van der Waals surface area contributed by atoms with Crippen LogP contribution in [0.5, 0.6) is 0 Å². The second-order valence-electron chi connectivity index (χ2n) is 5.00. The minimum Gasteiger partial charge on any atom is -0.361 e. The van der Waals surface area contributed by atoms with Crippen molar-refractivity contribution in [1.29, 1.82) is 0 Å². The average Bonchev–Trinajstić information content (AvgIpc) is 2.91. The first-order valence-electron chi connectivity index (χ1n) is 6.58. The minimum atomic E-state index is 0.186. The summed E-state index contributed by atoms with van der Waals surface area (Å²) in [6.07, 6.45) is 3.43. The van der Waals surface area contributed by atoms with E-state index in [1.807, 2.05) is 43.5 Å². The van der Waals surface area contributed by atoms with Crippen molar-refractivity contribution in [2.45, 2.75) is 13.0 Å². The van der Waals surface area contributed by atoms with Crippen molar-refractivity contribution in [2.75, 3.05) is 19.0 Å². The van der Waals surface area contributed by atoms with Gasteiger partial charge in [0.1, 0.15) is 6.33 Å². The number of fused-ring (bicyclic) bond motifs is 1. The largest absolute Gasteiger partial charge is 0.361 e. The lowest BCUT2D eigenvalue weighted by Crippen LogP contribution is -2.12. The molecular formula is C15H17N5. The zero-order valence-electron chi connectivity index (χ0n) is 11.9. The van der Waals surface area contributed by atoms with Gasteiger partial charge in [-0.25, -0.2) is 15.0 Å². The maximum absolute atomic E-state index is 4.48. The third-order valence-corrected chi connectivity index (χ3v) is 3.46. The second-order valence-corrected chi connectivity index (χ2v) is 5.00. The molecule has 3 aromatic rings. The molecule has 5 nitrogen and oxygen atoms in total. The van der Waals surface area contributed by atoms with Gasteiger partial charge in [0.05, 0.1) is 12.4 Å². The number of hydrogen-bond donors (Lipinski definition) is 0. The quantitative estimate of drug-likeness (QED) is 0.731. The van der Waals surface area contributed by atoms with E-state index in [-0.39, 0.29) is 6.04 Å². The van der Waals surface area contributed by atoms with E-state index in [0.717, 1.165) is 17.0 Å². The zero-order chi connectivity index (χ0) is 14.1. The predicted octanol–water partition coefficient (Wildman–Crippen LogP) is 2.50. The molecule has 0 saturated heterocycles. The number of rotatable bonds is 3. The Kier molecular flexibility index (Phi) is 3.10. The highest BCUT2D eigenvalue weighted by molar-refractivity contribution is 5.83. The Morgan fingerprint density at radius 2 is 1.80 bits per heavy atom. The van der Waals surface area contributed by atoms with Crippen molar-refractivity contribution in [3.05, 3.63) is 48.5 Å². The minimum absolute atomic E-state index is 0.186. The molecule has 5 heteroatoms. The zero-order valence-corrected chi connectivity index (χ0v) is 11.9. The molecule has 0 amide bonds. The number of anilines is 1. The van der Waals surface area contributed by atoms with E-state index in [1.54, 1.807) is 6.33 Å². The molecule has 0 aliphatic rings. The molecule has 0 N–H and O–H groups in total. The van der Waals surface area contributed by atoms with Gasteiger partial charge in [-0.3, -0.25) is 0 Å². The molecule has 3 rings (SSSR count). The predicted molar refractivity (Wildman–Crippen MR) is 79.9 cm³/mol. The van der Waals surface area contributed by atoms with E-state index in [0.29, 0.717) is 0 Å². The summed E-state index contributed by atoms with van der Waals surface area (Å²) in [4.78, 5) is 15.1. The van der Waals surface area contributed by atoms with Crippen molar-refractivity contribution in [3.8, 4) is 0 Å². The molecule has 2 heterocycles. The van der Waals surface area contributed by atoms with E-state index in [1.165, 1.54) is 5.56 Å². The maximum Gasteiger partial charge on any atom is 0.165 e. The summed E-state index contributed by atoms with van der Waals surface area (Å²) < 4.78 is 2.08. The molecule has 102 valence electrons. The van der Waals surface area contributed by atoms with E-state index < -0.39 is 0 Å². The summed E-state index contributed by atoms with van der Waals surface area (Å²) in [6, 6.07) is 10.5. The molecule has 0 unspecified atom stereocenters. The standard InChI is InChI=1S/C15H17N5/c1-11(12-7-5-4-6-8-12)20-10-18-13-14(19(2)3)16-9-17-15(13)20/h4-11H,1-3H3/t11-/m1/s1. The van der Waals surface area contributed by atoms with E-state index in [2.05, 4.69) is 38.6 Å². The van der Waals surface area contributed by atoms with Gasteiger partial charge < -0.3 is 9.47 Å². The topological polar surface area (TPSA) is 46.8 Å². The normalized spacial score (nSPS) is 12.6. The van der Waals surface area contributed by atoms with Crippen LogP contribution in [-0.2, 0) is 0 Å². The number of nitrogens with zero attached hydrogens (tertiary/aromatic N) is 5. The second kappa shape index (κ2) is 4.92. The van der Waals surface area contributed by atoms with E-state index in [9.17, 15) is 0 Å². The molecule has 2 aromatic heterocycles. The highest BCUT2D eigenvalue weighted by Gasteiger charge is 2.15. The Balaban J connectivity index is 2.12. The fourth-order valence-electron chi connectivity index (χ4n) is 2.34. The van der Waals surface area contributed by atoms with Crippen molar-refractivity contribution < 1.29 is 0 Å². The lowest BCUT2D eigenvalue weighted by molar-refractivity contribution is 0.652. The van der Waals surface area contributed by atoms with Crippen LogP contribution in [-0.4, -0.2) is 33.6 Å². The molecule has 0 fully saturated rings. The van der Waals surface area contributed by atoms with Crippen LogP contribution in [0.15, 0.2) is 43.0 Å². The van der Waals surface area contributed by atoms with Gasteiger partial charge in [0, 0.05) is 14.1 Å². The van der Waals surface area contributed by atoms with Gasteiger partial charge in [0.25, 0.3) is 0 Å². The molecule has 0 aliphatic heterocycles. The van der Waals surface area contributed by atoms with Crippen molar-refractivity contribution >= 4 is 17.0 Å². The Morgan fingerprint density at radius 1 is 1.05 bits per heavy atom. The first-order valence-corrected chi connectivity index (χ1v) is 6.58. The van der Waals surface area contributed by atoms with Gasteiger partial charge in [-0.15, -0.1) is 0 Å². The van der Waals surface area contributed by atoms with Gasteiger partial charge in [-0.1, -0.05) is 30.3 Å². The maximum atomic E-state index is 4.48. The Labute approximate surface area is 117 Å². The van der Waals surface area contributed by atoms with Crippen LogP contribution in [0.1, 0.15) is 18.5 Å². The highest BCUT2D eigenvalue weighted by Crippen LogP contribution is 2.25. The summed E-state index contributed by atoms with van der Waals surface area (Å²) in [5, 5.41) is 0. The SMILES string of the molecule is C[C@H](c1ccccc1)n1cnc2c(N(C)C)ncnc21. The number of imidazole rings is 1. The first-order chi connectivity index (χ1) is 9.68. The van der Waals surface area contributed by atoms with Crippen molar-refractivity contribution in [1.82, 2.24) is 19.5 Å². The Bertz CT molecular complexity index is 717. The fraction of sp³-hybridized carbons (Fsp3) is 0.267. The molecule has 20 heavy (non-hydrogen) atoms. The molecule has 1 atom stereocenters. The smallest absolute Gasteiger partial charge is 0.165 e.